The fourth-order valence-electron chi connectivity index (χ4n) is 2.93. The Morgan fingerprint density at radius 2 is 1.95 bits per heavy atom. The second-order valence-electron chi connectivity index (χ2n) is 5.81. The lowest BCUT2D eigenvalue weighted by atomic mass is 9.79. The van der Waals surface area contributed by atoms with Crippen molar-refractivity contribution < 1.29 is 14.6 Å². The van der Waals surface area contributed by atoms with Crippen LogP contribution in [0.2, 0.25) is 0 Å². The molecule has 0 saturated heterocycles. The summed E-state index contributed by atoms with van der Waals surface area (Å²) in [4.78, 5) is 12.1. The monoisotopic (exact) mass is 291 g/mol. The highest BCUT2D eigenvalue weighted by molar-refractivity contribution is 5.80. The summed E-state index contributed by atoms with van der Waals surface area (Å²) >= 11 is 0. The standard InChI is InChI=1S/C17H25NO3/c1-13(21-16-9-3-2-4-10-16)17(20)18-11-14-7-5-6-8-15(14)12-19/h2-4,9-10,13-15,19H,5-8,11-12H2,1H3,(H,18,20). The molecule has 1 saturated carbocycles. The zero-order chi connectivity index (χ0) is 15.1. The van der Waals surface area contributed by atoms with E-state index in [4.69, 9.17) is 4.74 Å². The third-order valence-electron chi connectivity index (χ3n) is 4.26. The van der Waals surface area contributed by atoms with Crippen LogP contribution in [0.25, 0.3) is 0 Å². The van der Waals surface area contributed by atoms with Gasteiger partial charge in [-0.1, -0.05) is 31.0 Å². The molecule has 3 atom stereocenters. The van der Waals surface area contributed by atoms with Gasteiger partial charge < -0.3 is 15.2 Å². The van der Waals surface area contributed by atoms with Crippen LogP contribution >= 0.6 is 0 Å². The molecule has 116 valence electrons. The lowest BCUT2D eigenvalue weighted by Gasteiger charge is -2.30. The van der Waals surface area contributed by atoms with Gasteiger partial charge in [-0.15, -0.1) is 0 Å². The number of rotatable bonds is 6. The SMILES string of the molecule is CC(Oc1ccccc1)C(=O)NCC1CCCCC1CO. The van der Waals surface area contributed by atoms with Crippen LogP contribution in [-0.2, 0) is 4.79 Å². The Hall–Kier alpha value is -1.55. The predicted octanol–water partition coefficient (Wildman–Crippen LogP) is 2.37. The Labute approximate surface area is 126 Å². The van der Waals surface area contributed by atoms with Gasteiger partial charge in [-0.05, 0) is 43.7 Å². The van der Waals surface area contributed by atoms with Crippen molar-refractivity contribution in [3.8, 4) is 5.75 Å². The van der Waals surface area contributed by atoms with Crippen LogP contribution in [-0.4, -0.2) is 30.3 Å². The average Bonchev–Trinajstić information content (AvgIpc) is 2.53. The van der Waals surface area contributed by atoms with Crippen molar-refractivity contribution in [1.82, 2.24) is 5.32 Å². The Balaban J connectivity index is 1.78. The molecule has 0 bridgehead atoms. The molecule has 4 heteroatoms. The van der Waals surface area contributed by atoms with E-state index in [-0.39, 0.29) is 12.5 Å². The average molecular weight is 291 g/mol. The molecule has 2 rings (SSSR count). The van der Waals surface area contributed by atoms with Gasteiger partial charge in [-0.25, -0.2) is 0 Å². The number of aliphatic hydroxyl groups excluding tert-OH is 1. The third-order valence-corrected chi connectivity index (χ3v) is 4.26. The fraction of sp³-hybridized carbons (Fsp3) is 0.588. The highest BCUT2D eigenvalue weighted by atomic mass is 16.5. The summed E-state index contributed by atoms with van der Waals surface area (Å²) in [6.07, 6.45) is 4.01. The summed E-state index contributed by atoms with van der Waals surface area (Å²) in [5, 5.41) is 12.4. The van der Waals surface area contributed by atoms with E-state index in [1.165, 1.54) is 12.8 Å². The highest BCUT2D eigenvalue weighted by Crippen LogP contribution is 2.29. The number of nitrogens with one attached hydrogen (secondary N) is 1. The van der Waals surface area contributed by atoms with E-state index in [0.717, 1.165) is 12.8 Å². The molecule has 0 heterocycles. The van der Waals surface area contributed by atoms with E-state index in [9.17, 15) is 9.90 Å². The molecular formula is C17H25NO3. The minimum atomic E-state index is -0.511. The topological polar surface area (TPSA) is 58.6 Å². The number of ether oxygens (including phenoxy) is 1. The van der Waals surface area contributed by atoms with E-state index in [1.807, 2.05) is 30.3 Å². The van der Waals surface area contributed by atoms with E-state index >= 15 is 0 Å². The molecule has 3 unspecified atom stereocenters. The number of carbonyl (C=O) groups excluding carboxylic acids is 1. The molecular weight excluding hydrogens is 266 g/mol. The van der Waals surface area contributed by atoms with Gasteiger partial charge in [-0.2, -0.15) is 0 Å². The number of benzene rings is 1. The molecule has 21 heavy (non-hydrogen) atoms. The van der Waals surface area contributed by atoms with Gasteiger partial charge in [0, 0.05) is 13.2 Å². The third kappa shape index (κ3) is 4.74. The summed E-state index contributed by atoms with van der Waals surface area (Å²) in [5.74, 6) is 1.31. The number of para-hydroxylation sites is 1. The molecule has 0 spiro atoms. The number of amides is 1. The Kier molecular flexibility index (Phi) is 6.05. The van der Waals surface area contributed by atoms with Crippen LogP contribution in [0.15, 0.2) is 30.3 Å². The molecule has 1 amide bonds. The maximum atomic E-state index is 12.1. The van der Waals surface area contributed by atoms with Gasteiger partial charge in [0.2, 0.25) is 0 Å². The van der Waals surface area contributed by atoms with Gasteiger partial charge in [0.05, 0.1) is 0 Å². The number of hydrogen-bond acceptors (Lipinski definition) is 3. The lowest BCUT2D eigenvalue weighted by Crippen LogP contribution is -2.41. The second-order valence-corrected chi connectivity index (χ2v) is 5.81. The van der Waals surface area contributed by atoms with Crippen molar-refractivity contribution in [2.24, 2.45) is 11.8 Å². The fourth-order valence-corrected chi connectivity index (χ4v) is 2.93. The molecule has 4 nitrogen and oxygen atoms in total. The van der Waals surface area contributed by atoms with Crippen LogP contribution in [0.1, 0.15) is 32.6 Å². The summed E-state index contributed by atoms with van der Waals surface area (Å²) in [6, 6.07) is 9.36. The highest BCUT2D eigenvalue weighted by Gasteiger charge is 2.25. The van der Waals surface area contributed by atoms with Crippen molar-refractivity contribution >= 4 is 5.91 Å². The van der Waals surface area contributed by atoms with Crippen molar-refractivity contribution in [3.05, 3.63) is 30.3 Å². The largest absolute Gasteiger partial charge is 0.481 e. The lowest BCUT2D eigenvalue weighted by molar-refractivity contribution is -0.127. The van der Waals surface area contributed by atoms with Crippen molar-refractivity contribution in [2.45, 2.75) is 38.7 Å². The summed E-state index contributed by atoms with van der Waals surface area (Å²) in [7, 11) is 0. The van der Waals surface area contributed by atoms with Crippen LogP contribution < -0.4 is 10.1 Å². The summed E-state index contributed by atoms with van der Waals surface area (Å²) in [6.45, 7) is 2.61. The first-order valence-corrected chi connectivity index (χ1v) is 7.81. The first kappa shape index (κ1) is 15.8. The number of hydrogen-bond donors (Lipinski definition) is 2. The molecule has 2 N–H and O–H groups in total. The maximum absolute atomic E-state index is 12.1. The van der Waals surface area contributed by atoms with Gasteiger partial charge >= 0.3 is 0 Å². The Bertz CT molecular complexity index is 435. The van der Waals surface area contributed by atoms with E-state index in [1.54, 1.807) is 6.92 Å². The second kappa shape index (κ2) is 8.03. The van der Waals surface area contributed by atoms with Crippen LogP contribution in [0, 0.1) is 11.8 Å². The van der Waals surface area contributed by atoms with Gasteiger partial charge in [-0.3, -0.25) is 4.79 Å². The molecule has 0 radical (unpaired) electrons. The van der Waals surface area contributed by atoms with Crippen LogP contribution in [0.4, 0.5) is 0 Å². The maximum Gasteiger partial charge on any atom is 0.260 e. The minimum Gasteiger partial charge on any atom is -0.481 e. The number of carbonyl (C=O) groups is 1. The van der Waals surface area contributed by atoms with Gasteiger partial charge in [0.1, 0.15) is 5.75 Å². The Morgan fingerprint density at radius 3 is 2.62 bits per heavy atom. The van der Waals surface area contributed by atoms with E-state index in [2.05, 4.69) is 5.32 Å². The number of aliphatic hydroxyl groups is 1. The van der Waals surface area contributed by atoms with Crippen LogP contribution in [0.3, 0.4) is 0 Å². The quantitative estimate of drug-likeness (QED) is 0.846. The molecule has 1 aromatic carbocycles. The Morgan fingerprint density at radius 1 is 1.29 bits per heavy atom. The minimum absolute atomic E-state index is 0.0962. The molecule has 1 aromatic rings. The molecule has 1 aliphatic rings. The molecule has 1 fully saturated rings. The first-order valence-electron chi connectivity index (χ1n) is 7.81. The molecule has 0 aliphatic heterocycles. The predicted molar refractivity (Wildman–Crippen MR) is 82.1 cm³/mol. The zero-order valence-electron chi connectivity index (χ0n) is 12.6. The smallest absolute Gasteiger partial charge is 0.260 e. The van der Waals surface area contributed by atoms with Gasteiger partial charge in [0.25, 0.3) is 5.91 Å². The summed E-state index contributed by atoms with van der Waals surface area (Å²) < 4.78 is 5.61. The van der Waals surface area contributed by atoms with Crippen LogP contribution in [0.5, 0.6) is 5.75 Å². The van der Waals surface area contributed by atoms with E-state index in [0.29, 0.717) is 24.1 Å². The zero-order valence-corrected chi connectivity index (χ0v) is 12.6. The first-order chi connectivity index (χ1) is 10.2. The van der Waals surface area contributed by atoms with Crippen molar-refractivity contribution in [3.63, 3.8) is 0 Å². The molecule has 0 aromatic heterocycles. The van der Waals surface area contributed by atoms with Crippen molar-refractivity contribution in [2.75, 3.05) is 13.2 Å². The summed E-state index contributed by atoms with van der Waals surface area (Å²) in [5.41, 5.74) is 0. The van der Waals surface area contributed by atoms with E-state index < -0.39 is 6.10 Å². The molecule has 1 aliphatic carbocycles. The van der Waals surface area contributed by atoms with Gasteiger partial charge in [0.15, 0.2) is 6.10 Å². The van der Waals surface area contributed by atoms with Crippen molar-refractivity contribution in [1.29, 1.82) is 0 Å². The normalized spacial score (nSPS) is 23.3.